The molecule has 1 fully saturated rings. The summed E-state index contributed by atoms with van der Waals surface area (Å²) in [7, 11) is 0. The van der Waals surface area contributed by atoms with Gasteiger partial charge in [0.05, 0.1) is 6.54 Å². The first kappa shape index (κ1) is 16.9. The van der Waals surface area contributed by atoms with Crippen molar-refractivity contribution in [3.05, 3.63) is 22.4 Å². The average Bonchev–Trinajstić information content (AvgIpc) is 2.87. The molecule has 1 aromatic heterocycles. The van der Waals surface area contributed by atoms with Crippen LogP contribution in [0, 0.1) is 0 Å². The maximum absolute atomic E-state index is 11.8. The lowest BCUT2D eigenvalue weighted by Gasteiger charge is -2.20. The molecular formula is C15H24N4O2S. The SMILES string of the molecule is CCNC(=O)NC(=O)CN1CCCN(Cc2cccs2)CC1. The van der Waals surface area contributed by atoms with E-state index in [2.05, 4.69) is 37.9 Å². The van der Waals surface area contributed by atoms with E-state index in [4.69, 9.17) is 0 Å². The van der Waals surface area contributed by atoms with E-state index < -0.39 is 6.03 Å². The van der Waals surface area contributed by atoms with E-state index in [1.54, 1.807) is 11.3 Å². The van der Waals surface area contributed by atoms with Crippen LogP contribution in [0.2, 0.25) is 0 Å². The summed E-state index contributed by atoms with van der Waals surface area (Å²) in [5, 5.41) is 7.02. The Morgan fingerprint density at radius 1 is 1.23 bits per heavy atom. The molecule has 6 nitrogen and oxygen atoms in total. The number of rotatable bonds is 5. The number of carbonyl (C=O) groups excluding carboxylic acids is 2. The Kier molecular flexibility index (Phi) is 6.82. The molecule has 2 N–H and O–H groups in total. The molecule has 0 aromatic carbocycles. The number of amides is 3. The topological polar surface area (TPSA) is 64.7 Å². The Labute approximate surface area is 135 Å². The molecule has 7 heteroatoms. The van der Waals surface area contributed by atoms with Crippen molar-refractivity contribution in [2.75, 3.05) is 39.3 Å². The molecule has 1 aliphatic heterocycles. The zero-order valence-corrected chi connectivity index (χ0v) is 13.8. The summed E-state index contributed by atoms with van der Waals surface area (Å²) in [5.74, 6) is -0.238. The molecule has 0 aliphatic carbocycles. The van der Waals surface area contributed by atoms with Gasteiger partial charge in [-0.1, -0.05) is 6.07 Å². The van der Waals surface area contributed by atoms with Crippen molar-refractivity contribution in [2.45, 2.75) is 19.9 Å². The molecule has 122 valence electrons. The van der Waals surface area contributed by atoms with Gasteiger partial charge in [0, 0.05) is 31.1 Å². The highest BCUT2D eigenvalue weighted by molar-refractivity contribution is 7.09. The quantitative estimate of drug-likeness (QED) is 0.851. The summed E-state index contributed by atoms with van der Waals surface area (Å²) in [6.45, 7) is 7.35. The molecule has 0 spiro atoms. The van der Waals surface area contributed by atoms with Gasteiger partial charge in [-0.05, 0) is 37.9 Å². The van der Waals surface area contributed by atoms with Gasteiger partial charge in [-0.25, -0.2) is 4.79 Å². The number of nitrogens with zero attached hydrogens (tertiary/aromatic N) is 2. The molecule has 3 amide bonds. The average molecular weight is 324 g/mol. The molecule has 1 aliphatic rings. The molecular weight excluding hydrogens is 300 g/mol. The first-order chi connectivity index (χ1) is 10.7. The van der Waals surface area contributed by atoms with Gasteiger partial charge in [-0.15, -0.1) is 11.3 Å². The number of thiophene rings is 1. The summed E-state index contributed by atoms with van der Waals surface area (Å²) in [4.78, 5) is 29.1. The maximum Gasteiger partial charge on any atom is 0.321 e. The first-order valence-corrected chi connectivity index (χ1v) is 8.60. The highest BCUT2D eigenvalue weighted by atomic mass is 32.1. The van der Waals surface area contributed by atoms with Crippen molar-refractivity contribution in [1.82, 2.24) is 20.4 Å². The van der Waals surface area contributed by atoms with Crippen LogP contribution in [0.5, 0.6) is 0 Å². The smallest absolute Gasteiger partial charge is 0.321 e. The second kappa shape index (κ2) is 8.87. The van der Waals surface area contributed by atoms with Crippen LogP contribution in [0.25, 0.3) is 0 Å². The number of hydrogen-bond acceptors (Lipinski definition) is 5. The van der Waals surface area contributed by atoms with E-state index in [0.29, 0.717) is 6.54 Å². The van der Waals surface area contributed by atoms with Gasteiger partial charge in [0.15, 0.2) is 0 Å². The lowest BCUT2D eigenvalue weighted by atomic mass is 10.3. The summed E-state index contributed by atoms with van der Waals surface area (Å²) in [6, 6.07) is 3.82. The molecule has 1 saturated heterocycles. The normalized spacial score (nSPS) is 17.0. The molecule has 2 heterocycles. The summed E-state index contributed by atoms with van der Waals surface area (Å²) in [5.41, 5.74) is 0. The number of imide groups is 1. The van der Waals surface area contributed by atoms with Crippen molar-refractivity contribution in [3.8, 4) is 0 Å². The largest absolute Gasteiger partial charge is 0.338 e. The van der Waals surface area contributed by atoms with E-state index in [1.807, 2.05) is 6.92 Å². The van der Waals surface area contributed by atoms with E-state index in [0.717, 1.165) is 39.1 Å². The highest BCUT2D eigenvalue weighted by Crippen LogP contribution is 2.13. The van der Waals surface area contributed by atoms with E-state index >= 15 is 0 Å². The predicted octanol–water partition coefficient (Wildman–Crippen LogP) is 1.10. The Bertz CT molecular complexity index is 478. The molecule has 0 radical (unpaired) electrons. The monoisotopic (exact) mass is 324 g/mol. The summed E-state index contributed by atoms with van der Waals surface area (Å²) < 4.78 is 0. The lowest BCUT2D eigenvalue weighted by molar-refractivity contribution is -0.121. The van der Waals surface area contributed by atoms with E-state index in [-0.39, 0.29) is 12.5 Å². The summed E-state index contributed by atoms with van der Waals surface area (Å²) in [6.07, 6.45) is 1.04. The molecule has 0 bridgehead atoms. The van der Waals surface area contributed by atoms with Crippen LogP contribution in [-0.2, 0) is 11.3 Å². The second-order valence-electron chi connectivity index (χ2n) is 5.39. The van der Waals surface area contributed by atoms with E-state index in [9.17, 15) is 9.59 Å². The Morgan fingerprint density at radius 3 is 2.73 bits per heavy atom. The van der Waals surface area contributed by atoms with Crippen molar-refractivity contribution in [2.24, 2.45) is 0 Å². The zero-order chi connectivity index (χ0) is 15.8. The minimum Gasteiger partial charge on any atom is -0.338 e. The molecule has 2 rings (SSSR count). The standard InChI is InChI=1S/C15H24N4O2S/c1-2-16-15(21)17-14(20)12-19-7-4-6-18(8-9-19)11-13-5-3-10-22-13/h3,5,10H,2,4,6-9,11-12H2,1H3,(H2,16,17,20,21). The third kappa shape index (κ3) is 5.75. The predicted molar refractivity (Wildman–Crippen MR) is 87.9 cm³/mol. The fourth-order valence-corrected chi connectivity index (χ4v) is 3.28. The lowest BCUT2D eigenvalue weighted by Crippen LogP contribution is -2.45. The van der Waals surface area contributed by atoms with Crippen molar-refractivity contribution >= 4 is 23.3 Å². The first-order valence-electron chi connectivity index (χ1n) is 7.72. The fraction of sp³-hybridized carbons (Fsp3) is 0.600. The van der Waals surface area contributed by atoms with Crippen molar-refractivity contribution in [1.29, 1.82) is 0 Å². The number of hydrogen-bond donors (Lipinski definition) is 2. The van der Waals surface area contributed by atoms with Gasteiger partial charge in [0.2, 0.25) is 5.91 Å². The van der Waals surface area contributed by atoms with E-state index in [1.165, 1.54) is 4.88 Å². The minimum atomic E-state index is -0.415. The molecule has 0 atom stereocenters. The zero-order valence-electron chi connectivity index (χ0n) is 13.0. The minimum absolute atomic E-state index is 0.238. The maximum atomic E-state index is 11.8. The van der Waals surface area contributed by atoms with Gasteiger partial charge < -0.3 is 5.32 Å². The van der Waals surface area contributed by atoms with Gasteiger partial charge in [0.1, 0.15) is 0 Å². The number of nitrogens with one attached hydrogen (secondary N) is 2. The van der Waals surface area contributed by atoms with Gasteiger partial charge in [0.25, 0.3) is 0 Å². The van der Waals surface area contributed by atoms with Crippen LogP contribution in [0.15, 0.2) is 17.5 Å². The highest BCUT2D eigenvalue weighted by Gasteiger charge is 2.18. The second-order valence-corrected chi connectivity index (χ2v) is 6.43. The fourth-order valence-electron chi connectivity index (χ4n) is 2.54. The van der Waals surface area contributed by atoms with Crippen LogP contribution in [0.3, 0.4) is 0 Å². The van der Waals surface area contributed by atoms with Crippen LogP contribution in [0.4, 0.5) is 4.79 Å². The van der Waals surface area contributed by atoms with Crippen LogP contribution in [-0.4, -0.2) is 61.0 Å². The van der Waals surface area contributed by atoms with Crippen molar-refractivity contribution < 1.29 is 9.59 Å². The Hall–Kier alpha value is -1.44. The van der Waals surface area contributed by atoms with Gasteiger partial charge in [-0.3, -0.25) is 19.9 Å². The molecule has 0 saturated carbocycles. The van der Waals surface area contributed by atoms with Crippen LogP contribution < -0.4 is 10.6 Å². The number of urea groups is 1. The van der Waals surface area contributed by atoms with Crippen LogP contribution in [0.1, 0.15) is 18.2 Å². The van der Waals surface area contributed by atoms with Crippen molar-refractivity contribution in [3.63, 3.8) is 0 Å². The summed E-state index contributed by atoms with van der Waals surface area (Å²) >= 11 is 1.78. The third-order valence-corrected chi connectivity index (χ3v) is 4.46. The molecule has 22 heavy (non-hydrogen) atoms. The van der Waals surface area contributed by atoms with Gasteiger partial charge in [-0.2, -0.15) is 0 Å². The van der Waals surface area contributed by atoms with Crippen LogP contribution >= 0.6 is 11.3 Å². The Morgan fingerprint density at radius 2 is 2.00 bits per heavy atom. The molecule has 1 aromatic rings. The number of carbonyl (C=O) groups is 2. The Balaban J connectivity index is 1.73. The van der Waals surface area contributed by atoms with Gasteiger partial charge >= 0.3 is 6.03 Å². The third-order valence-electron chi connectivity index (χ3n) is 3.60. The molecule has 0 unspecified atom stereocenters.